The first-order valence-electron chi connectivity index (χ1n) is 10.8. The van der Waals surface area contributed by atoms with E-state index in [0.717, 1.165) is 23.5 Å². The van der Waals surface area contributed by atoms with E-state index in [1.54, 1.807) is 24.3 Å². The molecule has 0 bridgehead atoms. The second-order valence-corrected chi connectivity index (χ2v) is 8.99. The summed E-state index contributed by atoms with van der Waals surface area (Å²) in [4.78, 5) is 56.8. The van der Waals surface area contributed by atoms with Crippen LogP contribution in [0.3, 0.4) is 0 Å². The zero-order valence-corrected chi connectivity index (χ0v) is 18.8. The van der Waals surface area contributed by atoms with E-state index in [4.69, 9.17) is 0 Å². The molecule has 2 aromatic heterocycles. The summed E-state index contributed by atoms with van der Waals surface area (Å²) in [7, 11) is 0. The van der Waals surface area contributed by atoms with E-state index in [1.165, 1.54) is 17.4 Å². The van der Waals surface area contributed by atoms with Crippen LogP contribution in [0, 0.1) is 0 Å². The number of carbonyl (C=O) groups excluding carboxylic acids is 2. The molecule has 2 amide bonds. The van der Waals surface area contributed by atoms with E-state index < -0.39 is 11.1 Å². The number of piperazine rings is 1. The number of thiophene rings is 1. The third-order valence-electron chi connectivity index (χ3n) is 5.63. The van der Waals surface area contributed by atoms with Gasteiger partial charge in [-0.2, -0.15) is 0 Å². The number of carbonyl (C=O) groups is 2. The van der Waals surface area contributed by atoms with Gasteiger partial charge in [-0.3, -0.25) is 19.2 Å². The Morgan fingerprint density at radius 1 is 0.853 bits per heavy atom. The van der Waals surface area contributed by atoms with Crippen LogP contribution >= 0.6 is 11.3 Å². The zero-order valence-electron chi connectivity index (χ0n) is 18.0. The van der Waals surface area contributed by atoms with Crippen molar-refractivity contribution in [3.8, 4) is 10.4 Å². The fourth-order valence-corrected chi connectivity index (χ4v) is 4.79. The van der Waals surface area contributed by atoms with Crippen LogP contribution in [0.4, 0.5) is 5.69 Å². The van der Waals surface area contributed by atoms with Crippen molar-refractivity contribution in [2.75, 3.05) is 31.5 Å². The molecule has 0 saturated carbocycles. The van der Waals surface area contributed by atoms with Crippen LogP contribution in [0.2, 0.25) is 0 Å². The van der Waals surface area contributed by atoms with Gasteiger partial charge in [0.2, 0.25) is 0 Å². The summed E-state index contributed by atoms with van der Waals surface area (Å²) >= 11 is 1.45. The predicted octanol–water partition coefficient (Wildman–Crippen LogP) is 2.24. The summed E-state index contributed by atoms with van der Waals surface area (Å²) < 4.78 is 0. The molecule has 9 nitrogen and oxygen atoms in total. The number of benzene rings is 2. The molecular formula is C24H21N5O4S. The summed E-state index contributed by atoms with van der Waals surface area (Å²) in [5.41, 5.74) is 1.20. The van der Waals surface area contributed by atoms with Gasteiger partial charge in [0, 0.05) is 42.3 Å². The van der Waals surface area contributed by atoms with Crippen molar-refractivity contribution >= 4 is 39.9 Å². The van der Waals surface area contributed by atoms with Crippen molar-refractivity contribution in [3.05, 3.63) is 85.7 Å². The number of rotatable bonds is 4. The number of nitrogens with zero attached hydrogens (tertiary/aromatic N) is 1. The Kier molecular flexibility index (Phi) is 5.83. The Bertz CT molecular complexity index is 1500. The third kappa shape index (κ3) is 4.41. The van der Waals surface area contributed by atoms with Gasteiger partial charge in [0.05, 0.1) is 15.9 Å². The van der Waals surface area contributed by atoms with Gasteiger partial charge < -0.3 is 25.5 Å². The molecule has 1 saturated heterocycles. The molecule has 172 valence electrons. The largest absolute Gasteiger partial charge is 0.335 e. The van der Waals surface area contributed by atoms with Gasteiger partial charge in [0.1, 0.15) is 0 Å². The molecule has 10 heteroatoms. The summed E-state index contributed by atoms with van der Waals surface area (Å²) in [5.74, 6) is -0.288. The highest BCUT2D eigenvalue weighted by Crippen LogP contribution is 2.30. The highest BCUT2D eigenvalue weighted by atomic mass is 32.1. The first-order valence-corrected chi connectivity index (χ1v) is 11.6. The maximum absolute atomic E-state index is 12.7. The molecule has 1 aliphatic heterocycles. The highest BCUT2D eigenvalue weighted by Gasteiger charge is 2.19. The zero-order chi connectivity index (χ0) is 23.7. The molecule has 0 unspecified atom stereocenters. The number of aromatic nitrogens is 2. The molecule has 3 heterocycles. The Balaban J connectivity index is 1.29. The molecule has 34 heavy (non-hydrogen) atoms. The van der Waals surface area contributed by atoms with E-state index in [0.29, 0.717) is 40.3 Å². The minimum atomic E-state index is -0.771. The van der Waals surface area contributed by atoms with Crippen molar-refractivity contribution in [2.24, 2.45) is 0 Å². The average Bonchev–Trinajstić information content (AvgIpc) is 3.35. The van der Waals surface area contributed by atoms with Gasteiger partial charge in [-0.1, -0.05) is 12.1 Å². The lowest BCUT2D eigenvalue weighted by molar-refractivity contribution is 0.0740. The lowest BCUT2D eigenvalue weighted by atomic mass is 10.1. The minimum Gasteiger partial charge on any atom is -0.335 e. The van der Waals surface area contributed by atoms with Gasteiger partial charge in [0.25, 0.3) is 11.8 Å². The Labute approximate surface area is 197 Å². The number of hydrogen-bond donors (Lipinski definition) is 4. The fraction of sp³-hybridized carbons (Fsp3) is 0.167. The standard InChI is InChI=1S/C24H21N5O4S/c30-21(15-3-6-17-18(13-15)28-23(32)22(31)27-17)26-16-4-1-14(2-5-16)19-7-8-20(34-19)24(33)29-11-9-25-10-12-29/h1-8,13,25H,9-12H2,(H,26,30)(H,27,31)(H,28,32). The third-order valence-corrected chi connectivity index (χ3v) is 6.75. The van der Waals surface area contributed by atoms with E-state index in [9.17, 15) is 19.2 Å². The number of amides is 2. The Hall–Kier alpha value is -4.02. The van der Waals surface area contributed by atoms with Gasteiger partial charge in [0.15, 0.2) is 0 Å². The number of nitrogens with one attached hydrogen (secondary N) is 4. The quantitative estimate of drug-likeness (QED) is 0.337. The minimum absolute atomic E-state index is 0.0578. The first-order chi connectivity index (χ1) is 16.5. The smallest absolute Gasteiger partial charge is 0.314 e. The van der Waals surface area contributed by atoms with Crippen LogP contribution in [0.5, 0.6) is 0 Å². The van der Waals surface area contributed by atoms with Crippen LogP contribution in [0.1, 0.15) is 20.0 Å². The number of anilines is 1. The van der Waals surface area contributed by atoms with E-state index in [-0.39, 0.29) is 11.8 Å². The van der Waals surface area contributed by atoms with Gasteiger partial charge in [-0.05, 0) is 48.0 Å². The van der Waals surface area contributed by atoms with Gasteiger partial charge in [-0.25, -0.2) is 0 Å². The van der Waals surface area contributed by atoms with Crippen molar-refractivity contribution in [2.45, 2.75) is 0 Å². The Morgan fingerprint density at radius 2 is 1.56 bits per heavy atom. The second-order valence-electron chi connectivity index (χ2n) is 7.91. The van der Waals surface area contributed by atoms with Crippen LogP contribution in [0.15, 0.2) is 64.2 Å². The van der Waals surface area contributed by atoms with E-state index >= 15 is 0 Å². The van der Waals surface area contributed by atoms with Crippen LogP contribution in [-0.4, -0.2) is 52.9 Å². The summed E-state index contributed by atoms with van der Waals surface area (Å²) in [6.45, 7) is 3.05. The molecule has 4 aromatic rings. The number of H-pyrrole nitrogens is 2. The number of fused-ring (bicyclic) bond motifs is 1. The summed E-state index contributed by atoms with van der Waals surface area (Å²) in [5, 5.41) is 6.07. The molecule has 5 rings (SSSR count). The van der Waals surface area contributed by atoms with Crippen molar-refractivity contribution < 1.29 is 9.59 Å². The van der Waals surface area contributed by atoms with Crippen LogP contribution in [0.25, 0.3) is 21.5 Å². The van der Waals surface area contributed by atoms with E-state index in [1.807, 2.05) is 29.2 Å². The van der Waals surface area contributed by atoms with Crippen molar-refractivity contribution in [1.82, 2.24) is 20.2 Å². The summed E-state index contributed by atoms with van der Waals surface area (Å²) in [6, 6.07) is 15.8. The molecule has 0 aliphatic carbocycles. The van der Waals surface area contributed by atoms with E-state index in [2.05, 4.69) is 20.6 Å². The SMILES string of the molecule is O=C(Nc1ccc(-c2ccc(C(=O)N3CCNCC3)s2)cc1)c1ccc2[nH]c(=O)c(=O)[nH]c2c1. The molecule has 0 spiro atoms. The van der Waals surface area contributed by atoms with Gasteiger partial charge >= 0.3 is 11.1 Å². The lowest BCUT2D eigenvalue weighted by Gasteiger charge is -2.26. The maximum Gasteiger partial charge on any atom is 0.314 e. The number of aromatic amines is 2. The molecule has 4 N–H and O–H groups in total. The average molecular weight is 476 g/mol. The molecule has 0 atom stereocenters. The summed E-state index contributed by atoms with van der Waals surface area (Å²) in [6.07, 6.45) is 0. The fourth-order valence-electron chi connectivity index (χ4n) is 3.81. The predicted molar refractivity (Wildman–Crippen MR) is 132 cm³/mol. The molecule has 2 aromatic carbocycles. The van der Waals surface area contributed by atoms with Crippen LogP contribution in [-0.2, 0) is 0 Å². The second kappa shape index (κ2) is 9.08. The van der Waals surface area contributed by atoms with Crippen LogP contribution < -0.4 is 21.8 Å². The highest BCUT2D eigenvalue weighted by molar-refractivity contribution is 7.17. The topological polar surface area (TPSA) is 127 Å². The normalized spacial score (nSPS) is 13.7. The molecular weight excluding hydrogens is 454 g/mol. The first kappa shape index (κ1) is 21.8. The molecule has 0 radical (unpaired) electrons. The Morgan fingerprint density at radius 3 is 2.29 bits per heavy atom. The van der Waals surface area contributed by atoms with Crippen molar-refractivity contribution in [1.29, 1.82) is 0 Å². The monoisotopic (exact) mass is 475 g/mol. The molecule has 1 fully saturated rings. The van der Waals surface area contributed by atoms with Gasteiger partial charge in [-0.15, -0.1) is 11.3 Å². The molecule has 1 aliphatic rings. The lowest BCUT2D eigenvalue weighted by Crippen LogP contribution is -2.46. The maximum atomic E-state index is 12.7. The number of hydrogen-bond acceptors (Lipinski definition) is 6. The van der Waals surface area contributed by atoms with Crippen molar-refractivity contribution in [3.63, 3.8) is 0 Å².